The average molecular weight is 294 g/mol. The monoisotopic (exact) mass is 293 g/mol. The van der Waals surface area contributed by atoms with Gasteiger partial charge in [0.1, 0.15) is 5.01 Å². The second kappa shape index (κ2) is 4.92. The Labute approximate surface area is 119 Å². The molecule has 0 saturated carbocycles. The molecular weight excluding hydrogens is 282 g/mol. The van der Waals surface area contributed by atoms with Gasteiger partial charge in [-0.05, 0) is 18.6 Å². The molecule has 0 aliphatic carbocycles. The van der Waals surface area contributed by atoms with Gasteiger partial charge in [0.25, 0.3) is 0 Å². The van der Waals surface area contributed by atoms with Crippen LogP contribution in [0.2, 0.25) is 5.02 Å². The van der Waals surface area contributed by atoms with Crippen molar-refractivity contribution >= 4 is 27.9 Å². The van der Waals surface area contributed by atoms with Gasteiger partial charge in [0.15, 0.2) is 0 Å². The van der Waals surface area contributed by atoms with Crippen molar-refractivity contribution in [2.24, 2.45) is 0 Å². The predicted octanol–water partition coefficient (Wildman–Crippen LogP) is 3.17. The summed E-state index contributed by atoms with van der Waals surface area (Å²) in [7, 11) is 0. The first-order chi connectivity index (χ1) is 9.22. The van der Waals surface area contributed by atoms with Crippen molar-refractivity contribution in [3.8, 4) is 11.3 Å². The molecule has 1 aromatic carbocycles. The Balaban J connectivity index is 2.18. The molecule has 3 aromatic rings. The van der Waals surface area contributed by atoms with E-state index in [1.54, 1.807) is 15.9 Å². The van der Waals surface area contributed by atoms with Crippen molar-refractivity contribution in [3.63, 3.8) is 0 Å². The van der Waals surface area contributed by atoms with Gasteiger partial charge in [-0.25, -0.2) is 9.50 Å². The Hall–Kier alpha value is -1.43. The maximum absolute atomic E-state index is 9.58. The summed E-state index contributed by atoms with van der Waals surface area (Å²) in [4.78, 5) is 5.38. The van der Waals surface area contributed by atoms with E-state index in [1.807, 2.05) is 24.3 Å². The zero-order valence-electron chi connectivity index (χ0n) is 10.3. The molecule has 0 bridgehead atoms. The van der Waals surface area contributed by atoms with Crippen LogP contribution in [0, 0.1) is 0 Å². The third-order valence-electron chi connectivity index (χ3n) is 2.91. The van der Waals surface area contributed by atoms with Gasteiger partial charge < -0.3 is 5.11 Å². The molecule has 4 nitrogen and oxygen atoms in total. The summed E-state index contributed by atoms with van der Waals surface area (Å²) in [6.07, 6.45) is 0.870. The third-order valence-corrected chi connectivity index (χ3v) is 4.21. The number of aliphatic hydroxyl groups excluding tert-OH is 1. The molecule has 0 spiro atoms. The van der Waals surface area contributed by atoms with Crippen LogP contribution >= 0.6 is 22.9 Å². The molecule has 0 fully saturated rings. The quantitative estimate of drug-likeness (QED) is 0.807. The summed E-state index contributed by atoms with van der Waals surface area (Å²) >= 11 is 7.43. The molecule has 0 atom stereocenters. The van der Waals surface area contributed by atoms with Gasteiger partial charge in [0, 0.05) is 10.6 Å². The molecule has 3 rings (SSSR count). The van der Waals surface area contributed by atoms with Crippen molar-refractivity contribution in [1.29, 1.82) is 0 Å². The molecular formula is C13H12ClN3OS. The summed E-state index contributed by atoms with van der Waals surface area (Å²) in [5.74, 6) is 0. The number of aryl methyl sites for hydroxylation is 1. The summed E-state index contributed by atoms with van der Waals surface area (Å²) in [6, 6.07) is 7.43. The van der Waals surface area contributed by atoms with Gasteiger partial charge in [0.05, 0.1) is 18.0 Å². The fourth-order valence-electron chi connectivity index (χ4n) is 1.95. The van der Waals surface area contributed by atoms with E-state index in [-0.39, 0.29) is 6.61 Å². The summed E-state index contributed by atoms with van der Waals surface area (Å²) in [6.45, 7) is 1.96. The minimum atomic E-state index is -0.0913. The van der Waals surface area contributed by atoms with Gasteiger partial charge in [-0.15, -0.1) is 0 Å². The minimum absolute atomic E-state index is 0.0913. The van der Waals surface area contributed by atoms with Gasteiger partial charge in [-0.2, -0.15) is 5.10 Å². The molecule has 0 aliphatic rings. The van der Waals surface area contributed by atoms with E-state index in [0.717, 1.165) is 27.6 Å². The maximum atomic E-state index is 9.58. The van der Waals surface area contributed by atoms with Gasteiger partial charge >= 0.3 is 0 Å². The number of hydrogen-bond acceptors (Lipinski definition) is 4. The second-order valence-corrected chi connectivity index (χ2v) is 5.59. The van der Waals surface area contributed by atoms with Crippen molar-refractivity contribution < 1.29 is 5.11 Å². The van der Waals surface area contributed by atoms with Crippen LogP contribution in [0.1, 0.15) is 17.6 Å². The van der Waals surface area contributed by atoms with Crippen LogP contribution in [0.5, 0.6) is 0 Å². The normalized spacial score (nSPS) is 11.3. The Morgan fingerprint density at radius 1 is 1.32 bits per heavy atom. The molecule has 2 heterocycles. The van der Waals surface area contributed by atoms with Gasteiger partial charge in [0.2, 0.25) is 4.96 Å². The number of nitrogens with zero attached hydrogens (tertiary/aromatic N) is 3. The van der Waals surface area contributed by atoms with E-state index in [9.17, 15) is 5.11 Å². The van der Waals surface area contributed by atoms with E-state index in [0.29, 0.717) is 10.7 Å². The Kier molecular flexibility index (Phi) is 3.26. The topological polar surface area (TPSA) is 50.4 Å². The lowest BCUT2D eigenvalue weighted by Crippen LogP contribution is -1.96. The molecule has 0 aliphatic heterocycles. The van der Waals surface area contributed by atoms with Gasteiger partial charge in [-0.1, -0.05) is 42.0 Å². The Morgan fingerprint density at radius 2 is 2.05 bits per heavy atom. The van der Waals surface area contributed by atoms with Crippen LogP contribution in [0.4, 0.5) is 0 Å². The third kappa shape index (κ3) is 2.14. The largest absolute Gasteiger partial charge is 0.390 e. The molecule has 0 amide bonds. The molecule has 98 valence electrons. The maximum Gasteiger partial charge on any atom is 0.213 e. The highest BCUT2D eigenvalue weighted by Gasteiger charge is 2.16. The fourth-order valence-corrected chi connectivity index (χ4v) is 2.93. The van der Waals surface area contributed by atoms with Crippen LogP contribution in [0.15, 0.2) is 24.3 Å². The van der Waals surface area contributed by atoms with Crippen LogP contribution in [0.3, 0.4) is 0 Å². The molecule has 0 saturated heterocycles. The van der Waals surface area contributed by atoms with Crippen molar-refractivity contribution in [2.75, 3.05) is 0 Å². The number of hydrogen-bond donors (Lipinski definition) is 1. The zero-order valence-corrected chi connectivity index (χ0v) is 11.9. The number of aliphatic hydroxyl groups is 1. The Morgan fingerprint density at radius 3 is 2.68 bits per heavy atom. The second-order valence-electron chi connectivity index (χ2n) is 4.12. The highest BCUT2D eigenvalue weighted by molar-refractivity contribution is 7.16. The summed E-state index contributed by atoms with van der Waals surface area (Å²) in [5.41, 5.74) is 2.41. The van der Waals surface area contributed by atoms with E-state index in [2.05, 4.69) is 17.0 Å². The number of rotatable bonds is 3. The fraction of sp³-hybridized carbons (Fsp3) is 0.231. The smallest absolute Gasteiger partial charge is 0.213 e. The lowest BCUT2D eigenvalue weighted by atomic mass is 10.1. The minimum Gasteiger partial charge on any atom is -0.390 e. The highest BCUT2D eigenvalue weighted by Crippen LogP contribution is 2.28. The van der Waals surface area contributed by atoms with Gasteiger partial charge in [-0.3, -0.25) is 0 Å². The summed E-state index contributed by atoms with van der Waals surface area (Å²) < 4.78 is 1.73. The number of aromatic nitrogens is 3. The molecule has 2 aromatic heterocycles. The molecule has 1 N–H and O–H groups in total. The Bertz CT molecular complexity index is 717. The van der Waals surface area contributed by atoms with E-state index < -0.39 is 0 Å². The molecule has 6 heteroatoms. The predicted molar refractivity (Wildman–Crippen MR) is 76.6 cm³/mol. The van der Waals surface area contributed by atoms with Crippen molar-refractivity contribution in [1.82, 2.24) is 14.6 Å². The number of halogens is 1. The molecule has 19 heavy (non-hydrogen) atoms. The standard InChI is InChI=1S/C13H12ClN3OS/c1-2-11-16-17-10(7-18)12(15-13(17)19-11)8-3-5-9(14)6-4-8/h3-6,18H,2,7H2,1H3. The van der Waals surface area contributed by atoms with E-state index >= 15 is 0 Å². The summed E-state index contributed by atoms with van der Waals surface area (Å²) in [5, 5.41) is 15.7. The number of fused-ring (bicyclic) bond motifs is 1. The number of imidazole rings is 1. The van der Waals surface area contributed by atoms with Crippen LogP contribution < -0.4 is 0 Å². The van der Waals surface area contributed by atoms with Crippen molar-refractivity contribution in [2.45, 2.75) is 20.0 Å². The van der Waals surface area contributed by atoms with Crippen LogP contribution in [-0.2, 0) is 13.0 Å². The highest BCUT2D eigenvalue weighted by atomic mass is 35.5. The first-order valence-corrected chi connectivity index (χ1v) is 7.16. The van der Waals surface area contributed by atoms with Crippen molar-refractivity contribution in [3.05, 3.63) is 40.0 Å². The SMILES string of the molecule is CCc1nn2c(CO)c(-c3ccc(Cl)cc3)nc2s1. The lowest BCUT2D eigenvalue weighted by Gasteiger charge is -2.00. The first kappa shape index (κ1) is 12.6. The molecule has 0 unspecified atom stereocenters. The first-order valence-electron chi connectivity index (χ1n) is 5.97. The average Bonchev–Trinajstić information content (AvgIpc) is 2.96. The molecule has 0 radical (unpaired) electrons. The number of benzene rings is 1. The van der Waals surface area contributed by atoms with E-state index in [1.165, 1.54) is 0 Å². The lowest BCUT2D eigenvalue weighted by molar-refractivity contribution is 0.275. The van der Waals surface area contributed by atoms with E-state index in [4.69, 9.17) is 11.6 Å². The van der Waals surface area contributed by atoms with Crippen LogP contribution in [0.25, 0.3) is 16.2 Å². The zero-order chi connectivity index (χ0) is 13.4. The van der Waals surface area contributed by atoms with Crippen LogP contribution in [-0.4, -0.2) is 19.7 Å².